The second-order valence-electron chi connectivity index (χ2n) is 5.01. The lowest BCUT2D eigenvalue weighted by atomic mass is 10.1. The van der Waals surface area contributed by atoms with Gasteiger partial charge in [0.15, 0.2) is 0 Å². The minimum absolute atomic E-state index is 0.389. The van der Waals surface area contributed by atoms with Crippen LogP contribution in [0.2, 0.25) is 0 Å². The largest absolute Gasteiger partial charge is 0.478 e. The number of carbonyl (C=O) groups is 1. The van der Waals surface area contributed by atoms with E-state index in [0.29, 0.717) is 12.0 Å². The van der Waals surface area contributed by atoms with Gasteiger partial charge in [-0.1, -0.05) is 67.3 Å². The average molecular weight is 294 g/mol. The smallest absolute Gasteiger partial charge is 0.335 e. The zero-order valence-electron chi connectivity index (χ0n) is 13.2. The SMILES string of the molecule is C=CC(=C)c1ccccc1.CC1=CCC=C(C(=O)O)C=C1C. The number of aliphatic carboxylic acids is 1. The first-order valence-electron chi connectivity index (χ1n) is 7.11. The van der Waals surface area contributed by atoms with Crippen molar-refractivity contribution in [3.8, 4) is 0 Å². The molecule has 0 amide bonds. The van der Waals surface area contributed by atoms with E-state index in [4.69, 9.17) is 5.11 Å². The summed E-state index contributed by atoms with van der Waals surface area (Å²) in [6.07, 6.45) is 7.93. The normalized spacial score (nSPS) is 13.5. The van der Waals surface area contributed by atoms with E-state index in [1.807, 2.05) is 50.3 Å². The minimum Gasteiger partial charge on any atom is -0.478 e. The lowest BCUT2D eigenvalue weighted by Crippen LogP contribution is -1.97. The van der Waals surface area contributed by atoms with Gasteiger partial charge in [0.2, 0.25) is 0 Å². The quantitative estimate of drug-likeness (QED) is 0.780. The van der Waals surface area contributed by atoms with E-state index in [1.165, 1.54) is 0 Å². The molecule has 1 aliphatic carbocycles. The second-order valence-corrected chi connectivity index (χ2v) is 5.01. The summed E-state index contributed by atoms with van der Waals surface area (Å²) in [5, 5.41) is 8.73. The molecule has 1 N–H and O–H groups in total. The fourth-order valence-electron chi connectivity index (χ4n) is 1.85. The molecule has 2 rings (SSSR count). The van der Waals surface area contributed by atoms with Crippen molar-refractivity contribution < 1.29 is 9.90 Å². The summed E-state index contributed by atoms with van der Waals surface area (Å²) in [6.45, 7) is 11.4. The van der Waals surface area contributed by atoms with Crippen LogP contribution in [-0.2, 0) is 4.79 Å². The van der Waals surface area contributed by atoms with Crippen LogP contribution in [0.5, 0.6) is 0 Å². The molecule has 0 radical (unpaired) electrons. The molecule has 0 heterocycles. The van der Waals surface area contributed by atoms with Crippen molar-refractivity contribution in [1.29, 1.82) is 0 Å². The predicted octanol–water partition coefficient (Wildman–Crippen LogP) is 5.18. The predicted molar refractivity (Wildman–Crippen MR) is 93.5 cm³/mol. The Hall–Kier alpha value is -2.61. The van der Waals surface area contributed by atoms with Crippen LogP contribution in [0.15, 0.2) is 84.5 Å². The minimum atomic E-state index is -0.850. The van der Waals surface area contributed by atoms with E-state index in [0.717, 1.165) is 22.3 Å². The first-order chi connectivity index (χ1) is 10.5. The number of carboxylic acid groups (broad SMARTS) is 1. The van der Waals surface area contributed by atoms with E-state index in [1.54, 1.807) is 18.2 Å². The van der Waals surface area contributed by atoms with Gasteiger partial charge in [-0.2, -0.15) is 0 Å². The van der Waals surface area contributed by atoms with Crippen LogP contribution in [0.3, 0.4) is 0 Å². The molecule has 0 unspecified atom stereocenters. The van der Waals surface area contributed by atoms with E-state index in [9.17, 15) is 4.79 Å². The van der Waals surface area contributed by atoms with Crippen molar-refractivity contribution in [1.82, 2.24) is 0 Å². The molecule has 0 saturated heterocycles. The van der Waals surface area contributed by atoms with Gasteiger partial charge in [0, 0.05) is 0 Å². The first kappa shape index (κ1) is 17.4. The highest BCUT2D eigenvalue weighted by Crippen LogP contribution is 2.17. The zero-order valence-corrected chi connectivity index (χ0v) is 13.2. The fourth-order valence-corrected chi connectivity index (χ4v) is 1.85. The van der Waals surface area contributed by atoms with Crippen LogP contribution in [0.4, 0.5) is 0 Å². The monoisotopic (exact) mass is 294 g/mol. The molecule has 0 aromatic heterocycles. The van der Waals surface area contributed by atoms with E-state index < -0.39 is 5.97 Å². The third kappa shape index (κ3) is 5.41. The van der Waals surface area contributed by atoms with Crippen molar-refractivity contribution in [2.45, 2.75) is 20.3 Å². The second kappa shape index (κ2) is 8.63. The van der Waals surface area contributed by atoms with Gasteiger partial charge in [0.05, 0.1) is 5.57 Å². The zero-order chi connectivity index (χ0) is 16.5. The Kier molecular flexibility index (Phi) is 6.84. The number of hydrogen-bond donors (Lipinski definition) is 1. The maximum Gasteiger partial charge on any atom is 0.335 e. The molecule has 0 saturated carbocycles. The van der Waals surface area contributed by atoms with Crippen molar-refractivity contribution in [2.24, 2.45) is 0 Å². The number of benzene rings is 1. The Labute approximate surface area is 132 Å². The molecule has 22 heavy (non-hydrogen) atoms. The first-order valence-corrected chi connectivity index (χ1v) is 7.11. The summed E-state index contributed by atoms with van der Waals surface area (Å²) in [5.41, 5.74) is 4.68. The lowest BCUT2D eigenvalue weighted by Gasteiger charge is -1.97. The molecule has 0 bridgehead atoms. The molecular weight excluding hydrogens is 272 g/mol. The fraction of sp³-hybridized carbons (Fsp3) is 0.150. The molecular formula is C20H22O2. The van der Waals surface area contributed by atoms with Gasteiger partial charge in [-0.15, -0.1) is 0 Å². The topological polar surface area (TPSA) is 37.3 Å². The Morgan fingerprint density at radius 2 is 1.77 bits per heavy atom. The molecule has 1 aromatic rings. The van der Waals surface area contributed by atoms with Gasteiger partial charge in [-0.25, -0.2) is 4.79 Å². The molecule has 1 aromatic carbocycles. The number of carboxylic acids is 1. The molecule has 0 spiro atoms. The molecule has 1 aliphatic rings. The highest BCUT2D eigenvalue weighted by atomic mass is 16.4. The van der Waals surface area contributed by atoms with Crippen molar-refractivity contribution in [3.63, 3.8) is 0 Å². The van der Waals surface area contributed by atoms with E-state index in [-0.39, 0.29) is 0 Å². The van der Waals surface area contributed by atoms with Gasteiger partial charge >= 0.3 is 5.97 Å². The average Bonchev–Trinajstić information content (AvgIpc) is 2.70. The third-order valence-electron chi connectivity index (χ3n) is 3.39. The Bertz CT molecular complexity index is 644. The third-order valence-corrected chi connectivity index (χ3v) is 3.39. The number of rotatable bonds is 3. The summed E-state index contributed by atoms with van der Waals surface area (Å²) >= 11 is 0. The van der Waals surface area contributed by atoms with Crippen LogP contribution in [0, 0.1) is 0 Å². The molecule has 2 nitrogen and oxygen atoms in total. The summed E-state index contributed by atoms with van der Waals surface area (Å²) in [4.78, 5) is 10.6. The van der Waals surface area contributed by atoms with E-state index >= 15 is 0 Å². The van der Waals surface area contributed by atoms with Crippen molar-refractivity contribution in [3.05, 3.63) is 90.1 Å². The van der Waals surface area contributed by atoms with Gasteiger partial charge in [-0.05, 0) is 43.1 Å². The van der Waals surface area contributed by atoms with Gasteiger partial charge in [-0.3, -0.25) is 0 Å². The lowest BCUT2D eigenvalue weighted by molar-refractivity contribution is -0.132. The maximum atomic E-state index is 10.6. The van der Waals surface area contributed by atoms with Crippen LogP contribution < -0.4 is 0 Å². The molecule has 0 fully saturated rings. The highest BCUT2D eigenvalue weighted by molar-refractivity contribution is 5.90. The summed E-state index contributed by atoms with van der Waals surface area (Å²) in [5.74, 6) is -0.850. The van der Waals surface area contributed by atoms with Gasteiger partial charge in [0.1, 0.15) is 0 Å². The standard InChI is InChI=1S/C10H12O2.C10H10/c1-7-4-3-5-9(10(11)12)6-8(7)2;1-3-9(2)10-7-5-4-6-8-10/h4-6H,3H2,1-2H3,(H,11,12);3-8H,1-2H2. The van der Waals surface area contributed by atoms with Crippen LogP contribution in [0.1, 0.15) is 25.8 Å². The van der Waals surface area contributed by atoms with Crippen LogP contribution in [0.25, 0.3) is 5.57 Å². The maximum absolute atomic E-state index is 10.6. The summed E-state index contributed by atoms with van der Waals surface area (Å²) in [6, 6.07) is 10.0. The Balaban J connectivity index is 0.000000224. The van der Waals surface area contributed by atoms with Gasteiger partial charge < -0.3 is 5.11 Å². The van der Waals surface area contributed by atoms with Crippen molar-refractivity contribution in [2.75, 3.05) is 0 Å². The molecule has 114 valence electrons. The molecule has 0 aliphatic heterocycles. The molecule has 0 atom stereocenters. The Morgan fingerprint density at radius 3 is 2.32 bits per heavy atom. The van der Waals surface area contributed by atoms with Crippen LogP contribution in [-0.4, -0.2) is 11.1 Å². The van der Waals surface area contributed by atoms with Crippen LogP contribution >= 0.6 is 0 Å². The van der Waals surface area contributed by atoms with Gasteiger partial charge in [0.25, 0.3) is 0 Å². The summed E-state index contributed by atoms with van der Waals surface area (Å²) < 4.78 is 0. The van der Waals surface area contributed by atoms with Crippen molar-refractivity contribution >= 4 is 11.5 Å². The number of allylic oxidation sites excluding steroid dienone is 6. The Morgan fingerprint density at radius 1 is 1.14 bits per heavy atom. The summed E-state index contributed by atoms with van der Waals surface area (Å²) in [7, 11) is 0. The highest BCUT2D eigenvalue weighted by Gasteiger charge is 2.06. The van der Waals surface area contributed by atoms with E-state index in [2.05, 4.69) is 13.2 Å². The molecule has 2 heteroatoms. The number of hydrogen-bond acceptors (Lipinski definition) is 1.